The molecule has 4 heterocycles. The van der Waals surface area contributed by atoms with Gasteiger partial charge < -0.3 is 9.80 Å². The highest BCUT2D eigenvalue weighted by Crippen LogP contribution is 2.33. The number of halogens is 1. The van der Waals surface area contributed by atoms with Gasteiger partial charge in [0.2, 0.25) is 0 Å². The maximum absolute atomic E-state index is 13.8. The Morgan fingerprint density at radius 2 is 1.81 bits per heavy atom. The van der Waals surface area contributed by atoms with Gasteiger partial charge in [-0.05, 0) is 63.6 Å². The number of carbonyl (C=O) groups excluding carboxylic acids is 1. The molecule has 1 aromatic carbocycles. The minimum Gasteiger partial charge on any atom is -0.356 e. The third-order valence-corrected chi connectivity index (χ3v) is 6.56. The molecule has 0 N–H and O–H groups in total. The van der Waals surface area contributed by atoms with E-state index in [1.807, 2.05) is 28.6 Å². The summed E-state index contributed by atoms with van der Waals surface area (Å²) < 4.78 is 15.7. The maximum atomic E-state index is 13.8. The number of benzene rings is 1. The fraction of sp³-hybridized carbons (Fsp3) is 0.458. The number of aryl methyl sites for hydroxylation is 2. The van der Waals surface area contributed by atoms with E-state index in [2.05, 4.69) is 11.8 Å². The molecular weight excluding hydrogens is 393 g/mol. The number of carbonyl (C=O) groups is 1. The molecule has 31 heavy (non-hydrogen) atoms. The summed E-state index contributed by atoms with van der Waals surface area (Å²) in [5, 5.41) is 4.80. The first-order valence-electron chi connectivity index (χ1n) is 11.2. The number of rotatable bonds is 3. The second-order valence-corrected chi connectivity index (χ2v) is 8.78. The van der Waals surface area contributed by atoms with E-state index < -0.39 is 0 Å². The molecule has 5 rings (SSSR count). The molecule has 1 unspecified atom stereocenters. The Labute approximate surface area is 181 Å². The zero-order chi connectivity index (χ0) is 21.5. The fourth-order valence-corrected chi connectivity index (χ4v) is 4.89. The Bertz CT molecular complexity index is 1130. The Balaban J connectivity index is 1.49. The van der Waals surface area contributed by atoms with E-state index in [1.54, 1.807) is 6.07 Å². The van der Waals surface area contributed by atoms with E-state index in [4.69, 9.17) is 10.1 Å². The monoisotopic (exact) mass is 421 g/mol. The van der Waals surface area contributed by atoms with Gasteiger partial charge in [0, 0.05) is 43.0 Å². The molecule has 2 fully saturated rings. The lowest BCUT2D eigenvalue weighted by Gasteiger charge is -2.35. The molecular formula is C24H28FN5O. The van der Waals surface area contributed by atoms with E-state index in [0.29, 0.717) is 12.1 Å². The van der Waals surface area contributed by atoms with Crippen LogP contribution in [-0.2, 0) is 0 Å². The molecule has 1 amide bonds. The first-order valence-corrected chi connectivity index (χ1v) is 11.2. The van der Waals surface area contributed by atoms with E-state index in [-0.39, 0.29) is 17.8 Å². The molecule has 0 aliphatic carbocycles. The Morgan fingerprint density at radius 3 is 2.61 bits per heavy atom. The number of hydrogen-bond donors (Lipinski definition) is 0. The zero-order valence-corrected chi connectivity index (χ0v) is 18.1. The molecule has 0 radical (unpaired) electrons. The molecule has 3 aromatic rings. The van der Waals surface area contributed by atoms with Gasteiger partial charge in [-0.3, -0.25) is 4.79 Å². The van der Waals surface area contributed by atoms with Crippen molar-refractivity contribution in [3.8, 4) is 0 Å². The molecule has 6 nitrogen and oxygen atoms in total. The zero-order valence-electron chi connectivity index (χ0n) is 18.1. The van der Waals surface area contributed by atoms with Crippen molar-refractivity contribution in [2.24, 2.45) is 0 Å². The lowest BCUT2D eigenvalue weighted by Crippen LogP contribution is -2.39. The molecule has 2 aromatic heterocycles. The molecule has 2 aliphatic rings. The van der Waals surface area contributed by atoms with Crippen LogP contribution in [0.4, 0.5) is 10.2 Å². The van der Waals surface area contributed by atoms with Gasteiger partial charge in [-0.1, -0.05) is 6.07 Å². The lowest BCUT2D eigenvalue weighted by atomic mass is 9.97. The number of fused-ring (bicyclic) bond motifs is 1. The molecule has 1 atom stereocenters. The SMILES string of the molecule is Cc1ccc(F)cc1C(=O)N1CCCCC1c1cc2nc(N3CCCC3)c(C)cn2n1. The average molecular weight is 422 g/mol. The summed E-state index contributed by atoms with van der Waals surface area (Å²) in [6, 6.07) is 6.29. The summed E-state index contributed by atoms with van der Waals surface area (Å²) in [7, 11) is 0. The number of nitrogens with zero attached hydrogens (tertiary/aromatic N) is 5. The van der Waals surface area contributed by atoms with Crippen molar-refractivity contribution < 1.29 is 9.18 Å². The van der Waals surface area contributed by atoms with Crippen molar-refractivity contribution >= 4 is 17.4 Å². The standard InChI is InChI=1S/C24H28FN5O/c1-16-8-9-18(25)13-19(16)24(31)29-12-4-3-7-21(29)20-14-22-26-23(28-10-5-6-11-28)17(2)15-30(22)27-20/h8-9,13-15,21H,3-7,10-12H2,1-2H3. The average Bonchev–Trinajstić information content (AvgIpc) is 3.44. The maximum Gasteiger partial charge on any atom is 0.254 e. The third kappa shape index (κ3) is 3.66. The van der Waals surface area contributed by atoms with Crippen LogP contribution < -0.4 is 4.90 Å². The summed E-state index contributed by atoms with van der Waals surface area (Å²) in [6.07, 6.45) is 7.27. The third-order valence-electron chi connectivity index (χ3n) is 6.56. The summed E-state index contributed by atoms with van der Waals surface area (Å²) in [5.41, 5.74) is 3.99. The highest BCUT2D eigenvalue weighted by atomic mass is 19.1. The molecule has 2 aliphatic heterocycles. The Hall–Kier alpha value is -2.96. The Morgan fingerprint density at radius 1 is 1.03 bits per heavy atom. The second kappa shape index (κ2) is 7.94. The first kappa shape index (κ1) is 20.0. The summed E-state index contributed by atoms with van der Waals surface area (Å²) in [5.74, 6) is 0.522. The number of likely N-dealkylation sites (tertiary alicyclic amines) is 1. The highest BCUT2D eigenvalue weighted by Gasteiger charge is 2.31. The Kier molecular flexibility index (Phi) is 5.12. The highest BCUT2D eigenvalue weighted by molar-refractivity contribution is 5.96. The number of amides is 1. The van der Waals surface area contributed by atoms with Gasteiger partial charge in [-0.25, -0.2) is 13.9 Å². The van der Waals surface area contributed by atoms with Gasteiger partial charge in [0.15, 0.2) is 5.65 Å². The van der Waals surface area contributed by atoms with Gasteiger partial charge in [0.25, 0.3) is 5.91 Å². The van der Waals surface area contributed by atoms with Crippen LogP contribution in [-0.4, -0.2) is 45.0 Å². The normalized spacial score (nSPS) is 19.4. The quantitative estimate of drug-likeness (QED) is 0.627. The van der Waals surface area contributed by atoms with E-state index >= 15 is 0 Å². The topological polar surface area (TPSA) is 53.7 Å². The van der Waals surface area contributed by atoms with Gasteiger partial charge in [0.1, 0.15) is 11.6 Å². The van der Waals surface area contributed by atoms with Crippen LogP contribution in [0.15, 0.2) is 30.5 Å². The molecule has 0 saturated carbocycles. The van der Waals surface area contributed by atoms with Crippen LogP contribution in [0.5, 0.6) is 0 Å². The predicted molar refractivity (Wildman–Crippen MR) is 118 cm³/mol. The van der Waals surface area contributed by atoms with E-state index in [1.165, 1.54) is 25.0 Å². The van der Waals surface area contributed by atoms with Crippen molar-refractivity contribution in [3.63, 3.8) is 0 Å². The van der Waals surface area contributed by atoms with Crippen LogP contribution in [0.1, 0.15) is 65.3 Å². The van der Waals surface area contributed by atoms with Crippen molar-refractivity contribution in [1.29, 1.82) is 0 Å². The minimum absolute atomic E-state index is 0.124. The first-order chi connectivity index (χ1) is 15.0. The van der Waals surface area contributed by atoms with Crippen LogP contribution >= 0.6 is 0 Å². The molecule has 0 spiro atoms. The number of hydrogen-bond acceptors (Lipinski definition) is 4. The van der Waals surface area contributed by atoms with Crippen molar-refractivity contribution in [2.75, 3.05) is 24.5 Å². The fourth-order valence-electron chi connectivity index (χ4n) is 4.89. The van der Waals surface area contributed by atoms with Crippen LogP contribution in [0.3, 0.4) is 0 Å². The van der Waals surface area contributed by atoms with Gasteiger partial charge in [-0.2, -0.15) is 5.10 Å². The number of aromatic nitrogens is 3. The second-order valence-electron chi connectivity index (χ2n) is 8.78. The van der Waals surface area contributed by atoms with Gasteiger partial charge in [-0.15, -0.1) is 0 Å². The molecule has 7 heteroatoms. The lowest BCUT2D eigenvalue weighted by molar-refractivity contribution is 0.0604. The number of anilines is 1. The van der Waals surface area contributed by atoms with Crippen LogP contribution in [0, 0.1) is 19.7 Å². The smallest absolute Gasteiger partial charge is 0.254 e. The van der Waals surface area contributed by atoms with Crippen LogP contribution in [0.2, 0.25) is 0 Å². The summed E-state index contributed by atoms with van der Waals surface area (Å²) >= 11 is 0. The van der Waals surface area contributed by atoms with Crippen LogP contribution in [0.25, 0.3) is 5.65 Å². The van der Waals surface area contributed by atoms with E-state index in [9.17, 15) is 9.18 Å². The predicted octanol–water partition coefficient (Wildman–Crippen LogP) is 4.45. The summed E-state index contributed by atoms with van der Waals surface area (Å²) in [6.45, 7) is 6.67. The minimum atomic E-state index is -0.385. The van der Waals surface area contributed by atoms with E-state index in [0.717, 1.165) is 60.6 Å². The largest absolute Gasteiger partial charge is 0.356 e. The molecule has 162 valence electrons. The molecule has 2 saturated heterocycles. The van der Waals surface area contributed by atoms with Gasteiger partial charge >= 0.3 is 0 Å². The van der Waals surface area contributed by atoms with Crippen molar-refractivity contribution in [3.05, 3.63) is 58.7 Å². The summed E-state index contributed by atoms with van der Waals surface area (Å²) in [4.78, 5) is 22.5. The molecule has 0 bridgehead atoms. The van der Waals surface area contributed by atoms with Crippen molar-refractivity contribution in [2.45, 2.75) is 52.0 Å². The van der Waals surface area contributed by atoms with Crippen molar-refractivity contribution in [1.82, 2.24) is 19.5 Å². The van der Waals surface area contributed by atoms with Gasteiger partial charge in [0.05, 0.1) is 11.7 Å². The number of piperidine rings is 1.